The fourth-order valence-electron chi connectivity index (χ4n) is 1.76. The maximum absolute atomic E-state index is 12.5. The highest BCUT2D eigenvalue weighted by Crippen LogP contribution is 2.29. The van der Waals surface area contributed by atoms with Crippen molar-refractivity contribution in [3.8, 4) is 0 Å². The highest BCUT2D eigenvalue weighted by Gasteiger charge is 2.30. The van der Waals surface area contributed by atoms with Crippen LogP contribution in [0.2, 0.25) is 0 Å². The average Bonchev–Trinajstić information content (AvgIpc) is 2.47. The van der Waals surface area contributed by atoms with Gasteiger partial charge in [-0.25, -0.2) is 0 Å². The number of benzene rings is 2. The van der Waals surface area contributed by atoms with E-state index in [1.165, 1.54) is 0 Å². The molecule has 0 aliphatic rings. The van der Waals surface area contributed by atoms with E-state index in [2.05, 4.69) is 21.2 Å². The highest BCUT2D eigenvalue weighted by atomic mass is 79.9. The molecule has 21 heavy (non-hydrogen) atoms. The highest BCUT2D eigenvalue weighted by molar-refractivity contribution is 9.08. The first-order valence-corrected chi connectivity index (χ1v) is 7.16. The lowest BCUT2D eigenvalue weighted by Crippen LogP contribution is -2.13. The van der Waals surface area contributed by atoms with Crippen LogP contribution in [0.3, 0.4) is 0 Å². The summed E-state index contributed by atoms with van der Waals surface area (Å²) in [4.78, 5) is 12.0. The molecule has 0 aliphatic heterocycles. The first kappa shape index (κ1) is 15.6. The number of hydrogen-bond acceptors (Lipinski definition) is 1. The molecule has 110 valence electrons. The van der Waals surface area contributed by atoms with Crippen molar-refractivity contribution in [1.29, 1.82) is 0 Å². The van der Waals surface area contributed by atoms with Crippen LogP contribution in [-0.2, 0) is 11.5 Å². The number of rotatable bonds is 3. The number of alkyl halides is 4. The molecule has 0 bridgehead atoms. The summed E-state index contributed by atoms with van der Waals surface area (Å²) in [6.07, 6.45) is -4.41. The van der Waals surface area contributed by atoms with E-state index in [1.807, 2.05) is 12.1 Å². The number of amides is 1. The molecule has 0 radical (unpaired) electrons. The molecule has 2 aromatic carbocycles. The zero-order valence-corrected chi connectivity index (χ0v) is 12.3. The molecule has 0 aliphatic carbocycles. The molecule has 6 heteroatoms. The van der Waals surface area contributed by atoms with E-state index in [0.29, 0.717) is 11.0 Å². The van der Waals surface area contributed by atoms with Crippen LogP contribution in [0, 0.1) is 0 Å². The van der Waals surface area contributed by atoms with E-state index in [0.717, 1.165) is 29.8 Å². The lowest BCUT2D eigenvalue weighted by atomic mass is 10.1. The molecular weight excluding hydrogens is 347 g/mol. The Morgan fingerprint density at radius 2 is 1.67 bits per heavy atom. The summed E-state index contributed by atoms with van der Waals surface area (Å²) >= 11 is 3.31. The van der Waals surface area contributed by atoms with Gasteiger partial charge >= 0.3 is 6.18 Å². The Hall–Kier alpha value is -1.82. The largest absolute Gasteiger partial charge is 0.416 e. The summed E-state index contributed by atoms with van der Waals surface area (Å²) < 4.78 is 37.4. The predicted molar refractivity (Wildman–Crippen MR) is 78.5 cm³/mol. The second-order valence-electron chi connectivity index (χ2n) is 4.32. The Labute approximate surface area is 128 Å². The molecule has 0 saturated carbocycles. The number of halogens is 4. The summed E-state index contributed by atoms with van der Waals surface area (Å²) in [7, 11) is 0. The fourth-order valence-corrected chi connectivity index (χ4v) is 2.25. The van der Waals surface area contributed by atoms with E-state index >= 15 is 0 Å². The molecule has 0 spiro atoms. The first-order chi connectivity index (χ1) is 9.91. The number of nitrogens with one attached hydrogen (secondary N) is 1. The monoisotopic (exact) mass is 357 g/mol. The molecule has 0 saturated heterocycles. The van der Waals surface area contributed by atoms with Crippen molar-refractivity contribution < 1.29 is 18.0 Å². The number of hydrogen-bond donors (Lipinski definition) is 1. The topological polar surface area (TPSA) is 29.1 Å². The van der Waals surface area contributed by atoms with E-state index < -0.39 is 17.6 Å². The van der Waals surface area contributed by atoms with Crippen LogP contribution in [0.15, 0.2) is 48.5 Å². The van der Waals surface area contributed by atoms with Crippen LogP contribution >= 0.6 is 15.9 Å². The predicted octanol–water partition coefficient (Wildman–Crippen LogP) is 4.85. The van der Waals surface area contributed by atoms with Gasteiger partial charge in [-0.15, -0.1) is 0 Å². The second-order valence-corrected chi connectivity index (χ2v) is 4.88. The van der Waals surface area contributed by atoms with Gasteiger partial charge in [-0.05, 0) is 35.9 Å². The van der Waals surface area contributed by atoms with Crippen molar-refractivity contribution in [3.05, 3.63) is 65.2 Å². The zero-order chi connectivity index (χ0) is 15.5. The summed E-state index contributed by atoms with van der Waals surface area (Å²) in [5.41, 5.74) is 0.907. The summed E-state index contributed by atoms with van der Waals surface area (Å²) in [6.45, 7) is 0. The van der Waals surface area contributed by atoms with Crippen molar-refractivity contribution in [2.75, 3.05) is 5.32 Å². The minimum absolute atomic E-state index is 0.173. The van der Waals surface area contributed by atoms with Crippen molar-refractivity contribution in [2.45, 2.75) is 11.5 Å². The Kier molecular flexibility index (Phi) is 4.67. The maximum atomic E-state index is 12.5. The first-order valence-electron chi connectivity index (χ1n) is 6.04. The van der Waals surface area contributed by atoms with Gasteiger partial charge in [-0.3, -0.25) is 4.79 Å². The fraction of sp³-hybridized carbons (Fsp3) is 0.133. The lowest BCUT2D eigenvalue weighted by molar-refractivity contribution is -0.137. The normalized spacial score (nSPS) is 11.2. The van der Waals surface area contributed by atoms with Gasteiger partial charge in [0, 0.05) is 16.6 Å². The van der Waals surface area contributed by atoms with Crippen LogP contribution in [0.4, 0.5) is 18.9 Å². The van der Waals surface area contributed by atoms with Crippen molar-refractivity contribution in [1.82, 2.24) is 0 Å². The van der Waals surface area contributed by atoms with Crippen molar-refractivity contribution in [3.63, 3.8) is 0 Å². The zero-order valence-electron chi connectivity index (χ0n) is 10.7. The van der Waals surface area contributed by atoms with Crippen LogP contribution in [0.5, 0.6) is 0 Å². The number of carbonyl (C=O) groups is 1. The summed E-state index contributed by atoms with van der Waals surface area (Å²) in [5, 5.41) is 3.25. The quantitative estimate of drug-likeness (QED) is 0.781. The average molecular weight is 358 g/mol. The van der Waals surface area contributed by atoms with Crippen LogP contribution in [-0.4, -0.2) is 5.91 Å². The van der Waals surface area contributed by atoms with Gasteiger partial charge in [0.15, 0.2) is 0 Å². The van der Waals surface area contributed by atoms with Gasteiger partial charge in [-0.2, -0.15) is 13.2 Å². The summed E-state index contributed by atoms with van der Waals surface area (Å²) in [6, 6.07) is 11.3. The standard InChI is InChI=1S/C15H11BrF3NO/c16-9-11-3-1-2-4-13(11)20-14(21)10-5-7-12(8-6-10)15(17,18)19/h1-8H,9H2,(H,20,21). The minimum Gasteiger partial charge on any atom is -0.322 e. The number of carbonyl (C=O) groups excluding carboxylic acids is 1. The van der Waals surface area contributed by atoms with E-state index in [1.54, 1.807) is 12.1 Å². The molecule has 0 unspecified atom stereocenters. The second kappa shape index (κ2) is 6.30. The van der Waals surface area contributed by atoms with E-state index in [9.17, 15) is 18.0 Å². The Balaban J connectivity index is 2.17. The molecule has 2 aromatic rings. The van der Waals surface area contributed by atoms with Crippen molar-refractivity contribution in [2.24, 2.45) is 0 Å². The van der Waals surface area contributed by atoms with Crippen LogP contribution < -0.4 is 5.32 Å². The van der Waals surface area contributed by atoms with Gasteiger partial charge in [0.25, 0.3) is 5.91 Å². The third-order valence-corrected chi connectivity index (χ3v) is 3.49. The molecule has 0 fully saturated rings. The molecular formula is C15H11BrF3NO. The molecule has 2 nitrogen and oxygen atoms in total. The Morgan fingerprint density at radius 3 is 2.24 bits per heavy atom. The minimum atomic E-state index is -4.41. The van der Waals surface area contributed by atoms with Gasteiger partial charge in [0.05, 0.1) is 5.56 Å². The van der Waals surface area contributed by atoms with Gasteiger partial charge in [0.2, 0.25) is 0 Å². The number of anilines is 1. The molecule has 1 amide bonds. The van der Waals surface area contributed by atoms with E-state index in [-0.39, 0.29) is 5.56 Å². The third-order valence-electron chi connectivity index (χ3n) is 2.88. The lowest BCUT2D eigenvalue weighted by Gasteiger charge is -2.10. The number of para-hydroxylation sites is 1. The van der Waals surface area contributed by atoms with Crippen LogP contribution in [0.1, 0.15) is 21.5 Å². The third kappa shape index (κ3) is 3.85. The Morgan fingerprint density at radius 1 is 1.05 bits per heavy atom. The van der Waals surface area contributed by atoms with Crippen molar-refractivity contribution >= 4 is 27.5 Å². The van der Waals surface area contributed by atoms with Gasteiger partial charge in [-0.1, -0.05) is 34.1 Å². The molecule has 0 heterocycles. The Bertz CT molecular complexity index is 638. The maximum Gasteiger partial charge on any atom is 0.416 e. The SMILES string of the molecule is O=C(Nc1ccccc1CBr)c1ccc(C(F)(F)F)cc1. The molecule has 1 N–H and O–H groups in total. The summed E-state index contributed by atoms with van der Waals surface area (Å²) in [5.74, 6) is -0.447. The molecule has 2 rings (SSSR count). The van der Waals surface area contributed by atoms with Gasteiger partial charge < -0.3 is 5.32 Å². The van der Waals surface area contributed by atoms with Gasteiger partial charge in [0.1, 0.15) is 0 Å². The van der Waals surface area contributed by atoms with E-state index in [4.69, 9.17) is 0 Å². The molecule has 0 atom stereocenters. The smallest absolute Gasteiger partial charge is 0.322 e. The molecule has 0 aromatic heterocycles. The van der Waals surface area contributed by atoms with Crippen LogP contribution in [0.25, 0.3) is 0 Å².